The molecule has 2 aliphatic rings. The average Bonchev–Trinajstić information content (AvgIpc) is 2.41. The summed E-state index contributed by atoms with van der Waals surface area (Å²) in [5, 5.41) is 0. The van der Waals surface area contributed by atoms with Gasteiger partial charge in [0.15, 0.2) is 0 Å². The highest BCUT2D eigenvalue weighted by Gasteiger charge is 2.43. The summed E-state index contributed by atoms with van der Waals surface area (Å²) < 4.78 is 0. The zero-order chi connectivity index (χ0) is 8.60. The highest BCUT2D eigenvalue weighted by atomic mass is 14.5. The Morgan fingerprint density at radius 3 is 3.17 bits per heavy atom. The van der Waals surface area contributed by atoms with Crippen molar-refractivity contribution in [3.63, 3.8) is 0 Å². The molecule has 0 nitrogen and oxygen atoms in total. The van der Waals surface area contributed by atoms with E-state index in [1.165, 1.54) is 32.1 Å². The second-order valence-corrected chi connectivity index (χ2v) is 4.50. The molecule has 67 valence electrons. The lowest BCUT2D eigenvalue weighted by Gasteiger charge is -2.37. The fourth-order valence-electron chi connectivity index (χ4n) is 3.14. The van der Waals surface area contributed by atoms with Crippen molar-refractivity contribution in [1.29, 1.82) is 0 Å². The van der Waals surface area contributed by atoms with Gasteiger partial charge in [0.2, 0.25) is 0 Å². The summed E-state index contributed by atoms with van der Waals surface area (Å²) in [7, 11) is 0. The third-order valence-electron chi connectivity index (χ3n) is 3.98. The lowest BCUT2D eigenvalue weighted by atomic mass is 9.68. The van der Waals surface area contributed by atoms with Gasteiger partial charge in [-0.15, -0.1) is 0 Å². The Balaban J connectivity index is 2.25. The molecule has 1 radical (unpaired) electrons. The van der Waals surface area contributed by atoms with Crippen LogP contribution < -0.4 is 0 Å². The van der Waals surface area contributed by atoms with Gasteiger partial charge >= 0.3 is 0 Å². The third-order valence-corrected chi connectivity index (χ3v) is 3.98. The smallest absolute Gasteiger partial charge is 0.00854 e. The molecule has 0 aromatic carbocycles. The van der Waals surface area contributed by atoms with E-state index in [0.717, 1.165) is 5.92 Å². The van der Waals surface area contributed by atoms with Crippen LogP contribution >= 0.6 is 0 Å². The maximum absolute atomic E-state index is 2.57. The monoisotopic (exact) mass is 163 g/mol. The standard InChI is InChI=1S/C12H19/c1-3-10-7-8-11-6-4-5-9-12(10,11)2/h3,6,11H,4-5,7-9H2,1-2H3. The van der Waals surface area contributed by atoms with Crippen molar-refractivity contribution in [3.05, 3.63) is 18.1 Å². The SMILES string of the molecule is CC=C1CCC2[CH]CCCC12C. The fourth-order valence-corrected chi connectivity index (χ4v) is 3.14. The summed E-state index contributed by atoms with van der Waals surface area (Å²) in [6.45, 7) is 4.67. The summed E-state index contributed by atoms with van der Waals surface area (Å²) in [6, 6.07) is 0. The molecule has 0 heteroatoms. The molecule has 0 N–H and O–H groups in total. The summed E-state index contributed by atoms with van der Waals surface area (Å²) in [4.78, 5) is 0. The van der Waals surface area contributed by atoms with Crippen molar-refractivity contribution in [1.82, 2.24) is 0 Å². The zero-order valence-electron chi connectivity index (χ0n) is 8.27. The minimum atomic E-state index is 0.562. The first-order valence-corrected chi connectivity index (χ1v) is 5.26. The van der Waals surface area contributed by atoms with E-state index in [1.54, 1.807) is 5.57 Å². The van der Waals surface area contributed by atoms with Crippen LogP contribution in [-0.2, 0) is 0 Å². The largest absolute Gasteiger partial charge is 0.0879 e. The highest BCUT2D eigenvalue weighted by Crippen LogP contribution is 2.54. The molecule has 2 saturated carbocycles. The van der Waals surface area contributed by atoms with Crippen molar-refractivity contribution in [3.8, 4) is 0 Å². The Kier molecular flexibility index (Phi) is 2.02. The second-order valence-electron chi connectivity index (χ2n) is 4.50. The minimum Gasteiger partial charge on any atom is -0.0879 e. The van der Waals surface area contributed by atoms with E-state index in [-0.39, 0.29) is 0 Å². The van der Waals surface area contributed by atoms with Crippen LogP contribution in [0.15, 0.2) is 11.6 Å². The van der Waals surface area contributed by atoms with Crippen molar-refractivity contribution in [2.24, 2.45) is 11.3 Å². The van der Waals surface area contributed by atoms with E-state index in [2.05, 4.69) is 26.3 Å². The molecular formula is C12H19. The number of rotatable bonds is 0. The molecule has 2 aliphatic carbocycles. The maximum atomic E-state index is 2.57. The molecule has 0 aromatic heterocycles. The first-order chi connectivity index (χ1) is 5.77. The van der Waals surface area contributed by atoms with Crippen LogP contribution in [0.2, 0.25) is 0 Å². The number of fused-ring (bicyclic) bond motifs is 1. The minimum absolute atomic E-state index is 0.562. The predicted octanol–water partition coefficient (Wildman–Crippen LogP) is 3.74. The van der Waals surface area contributed by atoms with Gasteiger partial charge in [0, 0.05) is 0 Å². The van der Waals surface area contributed by atoms with Crippen molar-refractivity contribution in [2.45, 2.75) is 46.0 Å². The first kappa shape index (κ1) is 8.34. The number of allylic oxidation sites excluding steroid dienone is 2. The van der Waals surface area contributed by atoms with Gasteiger partial charge in [-0.1, -0.05) is 25.0 Å². The van der Waals surface area contributed by atoms with E-state index in [1.807, 2.05) is 0 Å². The molecule has 0 bridgehead atoms. The summed E-state index contributed by atoms with van der Waals surface area (Å²) in [5.41, 5.74) is 2.29. The molecule has 0 amide bonds. The van der Waals surface area contributed by atoms with Crippen LogP contribution in [0.4, 0.5) is 0 Å². The number of hydrogen-bond donors (Lipinski definition) is 0. The van der Waals surface area contributed by atoms with Gasteiger partial charge in [0.05, 0.1) is 0 Å². The first-order valence-electron chi connectivity index (χ1n) is 5.26. The van der Waals surface area contributed by atoms with E-state index in [9.17, 15) is 0 Å². The summed E-state index contributed by atoms with van der Waals surface area (Å²) >= 11 is 0. The molecule has 0 aromatic rings. The van der Waals surface area contributed by atoms with Crippen LogP contribution in [-0.4, -0.2) is 0 Å². The third kappa shape index (κ3) is 1.04. The Hall–Kier alpha value is -0.260. The Labute approximate surface area is 76.1 Å². The molecular weight excluding hydrogens is 144 g/mol. The van der Waals surface area contributed by atoms with Gasteiger partial charge in [0.25, 0.3) is 0 Å². The predicted molar refractivity (Wildman–Crippen MR) is 52.7 cm³/mol. The normalized spacial score (nSPS) is 44.8. The molecule has 0 saturated heterocycles. The van der Waals surface area contributed by atoms with Gasteiger partial charge < -0.3 is 0 Å². The van der Waals surface area contributed by atoms with E-state index in [0.29, 0.717) is 5.41 Å². The van der Waals surface area contributed by atoms with Gasteiger partial charge in [-0.3, -0.25) is 0 Å². The van der Waals surface area contributed by atoms with Crippen LogP contribution in [0.3, 0.4) is 0 Å². The van der Waals surface area contributed by atoms with E-state index < -0.39 is 0 Å². The van der Waals surface area contributed by atoms with Crippen LogP contribution in [0, 0.1) is 17.8 Å². The Bertz CT molecular complexity index is 202. The molecule has 0 aliphatic heterocycles. The van der Waals surface area contributed by atoms with Gasteiger partial charge in [0.1, 0.15) is 0 Å². The van der Waals surface area contributed by atoms with Gasteiger partial charge in [-0.25, -0.2) is 0 Å². The van der Waals surface area contributed by atoms with E-state index in [4.69, 9.17) is 0 Å². The maximum Gasteiger partial charge on any atom is -0.00854 e. The Morgan fingerprint density at radius 1 is 1.58 bits per heavy atom. The molecule has 0 spiro atoms. The molecule has 12 heavy (non-hydrogen) atoms. The van der Waals surface area contributed by atoms with Crippen molar-refractivity contribution in [2.75, 3.05) is 0 Å². The molecule has 0 heterocycles. The molecule has 2 atom stereocenters. The lowest BCUT2D eigenvalue weighted by Crippen LogP contribution is -2.27. The van der Waals surface area contributed by atoms with Gasteiger partial charge in [-0.2, -0.15) is 0 Å². The molecule has 2 fully saturated rings. The molecule has 2 unspecified atom stereocenters. The summed E-state index contributed by atoms with van der Waals surface area (Å²) in [6.07, 6.45) is 11.9. The van der Waals surface area contributed by atoms with Crippen LogP contribution in [0.1, 0.15) is 46.0 Å². The van der Waals surface area contributed by atoms with Gasteiger partial charge in [-0.05, 0) is 50.4 Å². The zero-order valence-corrected chi connectivity index (χ0v) is 8.27. The number of hydrogen-bond acceptors (Lipinski definition) is 0. The van der Waals surface area contributed by atoms with Crippen molar-refractivity contribution < 1.29 is 0 Å². The topological polar surface area (TPSA) is 0 Å². The average molecular weight is 163 g/mol. The van der Waals surface area contributed by atoms with Crippen molar-refractivity contribution >= 4 is 0 Å². The van der Waals surface area contributed by atoms with Crippen LogP contribution in [0.5, 0.6) is 0 Å². The Morgan fingerprint density at radius 2 is 2.42 bits per heavy atom. The highest BCUT2D eigenvalue weighted by molar-refractivity contribution is 5.23. The van der Waals surface area contributed by atoms with Crippen LogP contribution in [0.25, 0.3) is 0 Å². The molecule has 2 rings (SSSR count). The van der Waals surface area contributed by atoms with E-state index >= 15 is 0 Å². The summed E-state index contributed by atoms with van der Waals surface area (Å²) in [5.74, 6) is 0.900. The quantitative estimate of drug-likeness (QED) is 0.477. The fraction of sp³-hybridized carbons (Fsp3) is 0.750. The lowest BCUT2D eigenvalue weighted by molar-refractivity contribution is 0.241. The second kappa shape index (κ2) is 2.90.